The summed E-state index contributed by atoms with van der Waals surface area (Å²) in [6, 6.07) is 26.7. The van der Waals surface area contributed by atoms with Crippen LogP contribution < -0.4 is 4.74 Å². The van der Waals surface area contributed by atoms with Gasteiger partial charge < -0.3 is 4.74 Å². The highest BCUT2D eigenvalue weighted by Gasteiger charge is 2.34. The quantitative estimate of drug-likeness (QED) is 0.349. The molecule has 0 spiro atoms. The lowest BCUT2D eigenvalue weighted by atomic mass is 9.79. The zero-order chi connectivity index (χ0) is 20.8. The predicted octanol–water partition coefficient (Wildman–Crippen LogP) is 6.49. The second kappa shape index (κ2) is 9.41. The van der Waals surface area contributed by atoms with E-state index in [0.29, 0.717) is 10.8 Å². The lowest BCUT2D eigenvalue weighted by molar-refractivity contribution is -0.140. The Labute approximate surface area is 176 Å². The van der Waals surface area contributed by atoms with Gasteiger partial charge in [-0.2, -0.15) is 5.26 Å². The van der Waals surface area contributed by atoms with Gasteiger partial charge in [-0.1, -0.05) is 74.0 Å². The van der Waals surface area contributed by atoms with Gasteiger partial charge in [0.25, 0.3) is 0 Å². The van der Waals surface area contributed by atoms with E-state index in [9.17, 15) is 10.1 Å². The van der Waals surface area contributed by atoms with Crippen LogP contribution in [0.25, 0.3) is 11.1 Å². The Bertz CT molecular complexity index is 1010. The van der Waals surface area contributed by atoms with Crippen LogP contribution in [0.2, 0.25) is 5.02 Å². The van der Waals surface area contributed by atoms with Gasteiger partial charge in [-0.3, -0.25) is 4.79 Å². The number of ether oxygens (including phenoxy) is 1. The van der Waals surface area contributed by atoms with E-state index in [1.54, 1.807) is 24.3 Å². The van der Waals surface area contributed by atoms with Crippen molar-refractivity contribution in [2.45, 2.75) is 19.8 Å². The standard InChI is InChI=1S/C25H22ClNO2/c1-17(2)24(25(28)29-22-13-11-21(26)12-14-22)23(16-27)20-10-6-9-19(15-20)18-7-4-3-5-8-18/h3-15,17,23-24H,1-2H3. The summed E-state index contributed by atoms with van der Waals surface area (Å²) in [5.41, 5.74) is 2.88. The largest absolute Gasteiger partial charge is 0.426 e. The first-order valence-corrected chi connectivity index (χ1v) is 9.89. The Hall–Kier alpha value is -3.09. The van der Waals surface area contributed by atoms with E-state index in [4.69, 9.17) is 16.3 Å². The maximum Gasteiger partial charge on any atom is 0.316 e. The van der Waals surface area contributed by atoms with E-state index in [1.165, 1.54) is 0 Å². The van der Waals surface area contributed by atoms with Crippen molar-refractivity contribution in [3.63, 3.8) is 0 Å². The normalized spacial score (nSPS) is 12.8. The number of benzene rings is 3. The van der Waals surface area contributed by atoms with Crippen LogP contribution >= 0.6 is 11.6 Å². The van der Waals surface area contributed by atoms with E-state index < -0.39 is 17.8 Å². The smallest absolute Gasteiger partial charge is 0.316 e. The molecule has 2 unspecified atom stereocenters. The number of hydrogen-bond acceptors (Lipinski definition) is 3. The van der Waals surface area contributed by atoms with E-state index in [2.05, 4.69) is 6.07 Å². The van der Waals surface area contributed by atoms with Crippen LogP contribution in [0.5, 0.6) is 5.75 Å². The predicted molar refractivity (Wildman–Crippen MR) is 116 cm³/mol. The summed E-state index contributed by atoms with van der Waals surface area (Å²) in [7, 11) is 0. The Morgan fingerprint density at radius 2 is 1.59 bits per heavy atom. The Kier molecular flexibility index (Phi) is 6.69. The van der Waals surface area contributed by atoms with Crippen molar-refractivity contribution in [1.29, 1.82) is 5.26 Å². The minimum Gasteiger partial charge on any atom is -0.426 e. The number of halogens is 1. The van der Waals surface area contributed by atoms with Gasteiger partial charge in [-0.05, 0) is 52.9 Å². The lowest BCUT2D eigenvalue weighted by Crippen LogP contribution is -2.30. The van der Waals surface area contributed by atoms with Crippen molar-refractivity contribution in [3.05, 3.63) is 89.4 Å². The molecular weight excluding hydrogens is 382 g/mol. The molecule has 3 nitrogen and oxygen atoms in total. The molecule has 0 aliphatic rings. The molecular formula is C25H22ClNO2. The van der Waals surface area contributed by atoms with Gasteiger partial charge in [-0.25, -0.2) is 0 Å². The summed E-state index contributed by atoms with van der Waals surface area (Å²) >= 11 is 5.90. The summed E-state index contributed by atoms with van der Waals surface area (Å²) < 4.78 is 5.56. The fourth-order valence-electron chi connectivity index (χ4n) is 3.38. The van der Waals surface area contributed by atoms with Gasteiger partial charge in [-0.15, -0.1) is 0 Å². The van der Waals surface area contributed by atoms with Crippen LogP contribution in [-0.4, -0.2) is 5.97 Å². The van der Waals surface area contributed by atoms with Gasteiger partial charge >= 0.3 is 5.97 Å². The monoisotopic (exact) mass is 403 g/mol. The molecule has 0 bridgehead atoms. The third kappa shape index (κ3) is 5.04. The number of hydrogen-bond donors (Lipinski definition) is 0. The van der Waals surface area contributed by atoms with Crippen molar-refractivity contribution in [3.8, 4) is 22.9 Å². The Morgan fingerprint density at radius 3 is 2.21 bits per heavy atom. The number of rotatable bonds is 6. The molecule has 0 aromatic heterocycles. The summed E-state index contributed by atoms with van der Waals surface area (Å²) in [5.74, 6) is -1.28. The van der Waals surface area contributed by atoms with Crippen LogP contribution in [0.3, 0.4) is 0 Å². The molecule has 146 valence electrons. The van der Waals surface area contributed by atoms with Crippen molar-refractivity contribution < 1.29 is 9.53 Å². The van der Waals surface area contributed by atoms with Gasteiger partial charge in [0.15, 0.2) is 0 Å². The highest BCUT2D eigenvalue weighted by atomic mass is 35.5. The van der Waals surface area contributed by atoms with Gasteiger partial charge in [0.05, 0.1) is 17.9 Å². The zero-order valence-electron chi connectivity index (χ0n) is 16.4. The number of esters is 1. The second-order valence-corrected chi connectivity index (χ2v) is 7.68. The summed E-state index contributed by atoms with van der Waals surface area (Å²) in [6.07, 6.45) is 0. The topological polar surface area (TPSA) is 50.1 Å². The van der Waals surface area contributed by atoms with Crippen LogP contribution in [0.4, 0.5) is 0 Å². The second-order valence-electron chi connectivity index (χ2n) is 7.24. The first kappa shape index (κ1) is 20.6. The summed E-state index contributed by atoms with van der Waals surface area (Å²) in [4.78, 5) is 13.0. The van der Waals surface area contributed by atoms with E-state index in [1.807, 2.05) is 68.4 Å². The van der Waals surface area contributed by atoms with Gasteiger partial charge in [0.1, 0.15) is 5.75 Å². The first-order chi connectivity index (χ1) is 14.0. The molecule has 2 atom stereocenters. The SMILES string of the molecule is CC(C)C(C(=O)Oc1ccc(Cl)cc1)C(C#N)c1cccc(-c2ccccc2)c1. The molecule has 4 heteroatoms. The van der Waals surface area contributed by atoms with Crippen LogP contribution in [0.1, 0.15) is 25.3 Å². The van der Waals surface area contributed by atoms with Crippen LogP contribution in [-0.2, 0) is 4.79 Å². The average molecular weight is 404 g/mol. The fraction of sp³-hybridized carbons (Fsp3) is 0.200. The highest BCUT2D eigenvalue weighted by Crippen LogP contribution is 2.33. The maximum absolute atomic E-state index is 13.0. The molecule has 0 fully saturated rings. The molecule has 0 saturated heterocycles. The molecule has 0 amide bonds. The zero-order valence-corrected chi connectivity index (χ0v) is 17.1. The van der Waals surface area contributed by atoms with Gasteiger partial charge in [0.2, 0.25) is 0 Å². The van der Waals surface area contributed by atoms with Crippen molar-refractivity contribution in [2.75, 3.05) is 0 Å². The van der Waals surface area contributed by atoms with Crippen LogP contribution in [0, 0.1) is 23.2 Å². The van der Waals surface area contributed by atoms with E-state index >= 15 is 0 Å². The Morgan fingerprint density at radius 1 is 0.931 bits per heavy atom. The minimum atomic E-state index is -0.613. The number of nitrogens with zero attached hydrogens (tertiary/aromatic N) is 1. The van der Waals surface area contributed by atoms with Crippen molar-refractivity contribution in [1.82, 2.24) is 0 Å². The fourth-order valence-corrected chi connectivity index (χ4v) is 3.51. The molecule has 0 saturated carbocycles. The number of nitriles is 1. The molecule has 0 heterocycles. The lowest BCUT2D eigenvalue weighted by Gasteiger charge is -2.24. The Balaban J connectivity index is 1.90. The molecule has 3 rings (SSSR count). The van der Waals surface area contributed by atoms with E-state index in [0.717, 1.165) is 16.7 Å². The van der Waals surface area contributed by atoms with Gasteiger partial charge in [0, 0.05) is 5.02 Å². The molecule has 29 heavy (non-hydrogen) atoms. The molecule has 0 aliphatic carbocycles. The molecule has 3 aromatic carbocycles. The maximum atomic E-state index is 13.0. The van der Waals surface area contributed by atoms with E-state index in [-0.39, 0.29) is 5.92 Å². The third-order valence-corrected chi connectivity index (χ3v) is 5.13. The minimum absolute atomic E-state index is 0.0696. The molecule has 0 N–H and O–H groups in total. The molecule has 0 radical (unpaired) electrons. The average Bonchev–Trinajstić information content (AvgIpc) is 2.74. The number of carbonyl (C=O) groups is 1. The molecule has 3 aromatic rings. The summed E-state index contributed by atoms with van der Waals surface area (Å²) in [6.45, 7) is 3.86. The van der Waals surface area contributed by atoms with Crippen molar-refractivity contribution in [2.24, 2.45) is 11.8 Å². The van der Waals surface area contributed by atoms with Crippen molar-refractivity contribution >= 4 is 17.6 Å². The van der Waals surface area contributed by atoms with Crippen LogP contribution in [0.15, 0.2) is 78.9 Å². The summed E-state index contributed by atoms with van der Waals surface area (Å²) in [5, 5.41) is 10.5. The molecule has 0 aliphatic heterocycles. The highest BCUT2D eigenvalue weighted by molar-refractivity contribution is 6.30. The third-order valence-electron chi connectivity index (χ3n) is 4.87. The number of carbonyl (C=O) groups excluding carboxylic acids is 1. The first-order valence-electron chi connectivity index (χ1n) is 9.52.